The topological polar surface area (TPSA) is 23.8 Å². The Morgan fingerprint density at radius 2 is 2.27 bits per heavy atom. The molecule has 56 valence electrons. The van der Waals surface area contributed by atoms with Gasteiger partial charge in [-0.2, -0.15) is 17.9 Å². The lowest BCUT2D eigenvalue weighted by atomic mass is 10.2. The summed E-state index contributed by atoms with van der Waals surface area (Å²) in [5.74, 6) is 0.602. The fourth-order valence-corrected chi connectivity index (χ4v) is 1.36. The molecule has 1 nitrogen and oxygen atoms in total. The zero-order valence-electron chi connectivity index (χ0n) is 5.71. The van der Waals surface area contributed by atoms with E-state index in [1.807, 2.05) is 12.1 Å². The summed E-state index contributed by atoms with van der Waals surface area (Å²) in [6.07, 6.45) is 0. The fourth-order valence-electron chi connectivity index (χ4n) is 0.745. The minimum Gasteiger partial charge on any atom is -0.192 e. The first-order chi connectivity index (χ1) is 5.27. The van der Waals surface area contributed by atoms with E-state index >= 15 is 0 Å². The zero-order valence-corrected chi connectivity index (χ0v) is 7.36. The predicted molar refractivity (Wildman–Crippen MR) is 48.9 cm³/mol. The Labute approximate surface area is 76.0 Å². The van der Waals surface area contributed by atoms with Gasteiger partial charge in [-0.1, -0.05) is 17.7 Å². The van der Waals surface area contributed by atoms with E-state index in [2.05, 4.69) is 12.6 Å². The van der Waals surface area contributed by atoms with Gasteiger partial charge in [-0.15, -0.1) is 0 Å². The van der Waals surface area contributed by atoms with Crippen molar-refractivity contribution in [1.82, 2.24) is 0 Å². The smallest absolute Gasteiger partial charge is 0.0992 e. The Bertz CT molecular complexity index is 303. The first-order valence-corrected chi connectivity index (χ1v) is 4.08. The first kappa shape index (κ1) is 8.45. The van der Waals surface area contributed by atoms with Crippen molar-refractivity contribution < 1.29 is 0 Å². The van der Waals surface area contributed by atoms with E-state index in [-0.39, 0.29) is 0 Å². The summed E-state index contributed by atoms with van der Waals surface area (Å²) in [7, 11) is 0. The van der Waals surface area contributed by atoms with Gasteiger partial charge in [0.1, 0.15) is 0 Å². The third-order valence-corrected chi connectivity index (χ3v) is 2.05. The van der Waals surface area contributed by atoms with Gasteiger partial charge in [0, 0.05) is 10.8 Å². The molecule has 0 bridgehead atoms. The van der Waals surface area contributed by atoms with Crippen LogP contribution in [-0.4, -0.2) is 0 Å². The van der Waals surface area contributed by atoms with Gasteiger partial charge in [-0.05, 0) is 17.7 Å². The summed E-state index contributed by atoms with van der Waals surface area (Å²) in [4.78, 5) is 0. The van der Waals surface area contributed by atoms with Crippen molar-refractivity contribution in [3.05, 3.63) is 34.3 Å². The molecule has 0 aliphatic carbocycles. The van der Waals surface area contributed by atoms with Gasteiger partial charge < -0.3 is 0 Å². The average molecular weight is 184 g/mol. The Kier molecular flexibility index (Phi) is 2.81. The molecule has 0 aliphatic rings. The Morgan fingerprint density at radius 3 is 2.73 bits per heavy atom. The molecule has 0 spiro atoms. The van der Waals surface area contributed by atoms with Crippen LogP contribution in [0, 0.1) is 11.3 Å². The minimum absolute atomic E-state index is 0.584. The number of hydrogen-bond acceptors (Lipinski definition) is 2. The average Bonchev–Trinajstić information content (AvgIpc) is 2.04. The van der Waals surface area contributed by atoms with E-state index in [4.69, 9.17) is 16.9 Å². The van der Waals surface area contributed by atoms with Crippen molar-refractivity contribution in [1.29, 1.82) is 5.26 Å². The molecule has 11 heavy (non-hydrogen) atoms. The van der Waals surface area contributed by atoms with Crippen LogP contribution in [0.3, 0.4) is 0 Å². The van der Waals surface area contributed by atoms with Gasteiger partial charge in [-0.3, -0.25) is 0 Å². The van der Waals surface area contributed by atoms with E-state index in [0.29, 0.717) is 16.3 Å². The Morgan fingerprint density at radius 1 is 1.55 bits per heavy atom. The molecule has 0 N–H and O–H groups in total. The van der Waals surface area contributed by atoms with Crippen LogP contribution in [0.2, 0.25) is 5.02 Å². The van der Waals surface area contributed by atoms with Crippen LogP contribution < -0.4 is 0 Å². The first-order valence-electron chi connectivity index (χ1n) is 3.07. The van der Waals surface area contributed by atoms with E-state index in [1.54, 1.807) is 12.1 Å². The quantitative estimate of drug-likeness (QED) is 0.665. The maximum Gasteiger partial charge on any atom is 0.0992 e. The van der Waals surface area contributed by atoms with Crippen LogP contribution in [0.25, 0.3) is 0 Å². The highest BCUT2D eigenvalue weighted by Crippen LogP contribution is 2.18. The second-order valence-electron chi connectivity index (χ2n) is 2.08. The second kappa shape index (κ2) is 3.66. The number of hydrogen-bond donors (Lipinski definition) is 1. The number of rotatable bonds is 1. The molecule has 0 saturated heterocycles. The molecule has 1 rings (SSSR count). The summed E-state index contributed by atoms with van der Waals surface area (Å²) in [6.45, 7) is 0. The molecular weight excluding hydrogens is 178 g/mol. The van der Waals surface area contributed by atoms with Crippen LogP contribution in [0.5, 0.6) is 0 Å². The van der Waals surface area contributed by atoms with Crippen molar-refractivity contribution in [2.45, 2.75) is 5.75 Å². The Hall–Kier alpha value is -0.650. The number of thiol groups is 1. The van der Waals surface area contributed by atoms with E-state index in [1.165, 1.54) is 0 Å². The van der Waals surface area contributed by atoms with Crippen molar-refractivity contribution in [3.8, 4) is 6.07 Å². The number of benzene rings is 1. The van der Waals surface area contributed by atoms with Crippen LogP contribution in [-0.2, 0) is 5.75 Å². The summed E-state index contributed by atoms with van der Waals surface area (Å²) in [5, 5.41) is 9.11. The molecule has 0 atom stereocenters. The van der Waals surface area contributed by atoms with Gasteiger partial charge in [-0.25, -0.2) is 0 Å². The number of nitriles is 1. The predicted octanol–water partition coefficient (Wildman–Crippen LogP) is 2.64. The molecule has 0 aromatic heterocycles. The maximum absolute atomic E-state index is 8.50. The maximum atomic E-state index is 8.50. The van der Waals surface area contributed by atoms with E-state index < -0.39 is 0 Å². The highest BCUT2D eigenvalue weighted by atomic mass is 35.5. The van der Waals surface area contributed by atoms with Crippen molar-refractivity contribution in [2.75, 3.05) is 0 Å². The Balaban J connectivity index is 3.12. The molecule has 0 aliphatic heterocycles. The summed E-state index contributed by atoms with van der Waals surface area (Å²) in [6, 6.07) is 7.20. The van der Waals surface area contributed by atoms with Gasteiger partial charge in [0.15, 0.2) is 0 Å². The highest BCUT2D eigenvalue weighted by Gasteiger charge is 1.98. The van der Waals surface area contributed by atoms with Gasteiger partial charge >= 0.3 is 0 Å². The SMILES string of the molecule is N#Cc1ccc(CS)c(Cl)c1. The van der Waals surface area contributed by atoms with Gasteiger partial charge in [0.25, 0.3) is 0 Å². The zero-order chi connectivity index (χ0) is 8.27. The van der Waals surface area contributed by atoms with Gasteiger partial charge in [0.05, 0.1) is 11.6 Å². The largest absolute Gasteiger partial charge is 0.192 e. The lowest BCUT2D eigenvalue weighted by Gasteiger charge is -1.98. The molecule has 0 unspecified atom stereocenters. The lowest BCUT2D eigenvalue weighted by molar-refractivity contribution is 1.40. The molecule has 0 saturated carbocycles. The van der Waals surface area contributed by atoms with E-state index in [9.17, 15) is 0 Å². The van der Waals surface area contributed by atoms with Crippen molar-refractivity contribution in [3.63, 3.8) is 0 Å². The number of halogens is 1. The summed E-state index contributed by atoms with van der Waals surface area (Å²) >= 11 is 9.88. The third-order valence-electron chi connectivity index (χ3n) is 1.35. The molecule has 1 aromatic rings. The standard InChI is InChI=1S/C8H6ClNS/c9-8-3-6(4-10)1-2-7(8)5-11/h1-3,11H,5H2. The van der Waals surface area contributed by atoms with E-state index in [0.717, 1.165) is 5.56 Å². The minimum atomic E-state index is 0.584. The summed E-state index contributed by atoms with van der Waals surface area (Å²) < 4.78 is 0. The third kappa shape index (κ3) is 1.89. The molecule has 3 heteroatoms. The van der Waals surface area contributed by atoms with Crippen molar-refractivity contribution >= 4 is 24.2 Å². The van der Waals surface area contributed by atoms with Crippen LogP contribution >= 0.6 is 24.2 Å². The molecule has 0 fully saturated rings. The summed E-state index contributed by atoms with van der Waals surface area (Å²) in [5.41, 5.74) is 1.54. The molecule has 0 radical (unpaired) electrons. The normalized spacial score (nSPS) is 9.18. The van der Waals surface area contributed by atoms with Crippen LogP contribution in [0.4, 0.5) is 0 Å². The fraction of sp³-hybridized carbons (Fsp3) is 0.125. The van der Waals surface area contributed by atoms with Crippen LogP contribution in [0.1, 0.15) is 11.1 Å². The second-order valence-corrected chi connectivity index (χ2v) is 2.80. The molecule has 0 amide bonds. The van der Waals surface area contributed by atoms with Crippen LogP contribution in [0.15, 0.2) is 18.2 Å². The number of nitrogens with zero attached hydrogens (tertiary/aromatic N) is 1. The lowest BCUT2D eigenvalue weighted by Crippen LogP contribution is -1.81. The molecule has 0 heterocycles. The van der Waals surface area contributed by atoms with Crippen molar-refractivity contribution in [2.24, 2.45) is 0 Å². The van der Waals surface area contributed by atoms with Gasteiger partial charge in [0.2, 0.25) is 0 Å². The molecular formula is C8H6ClNS. The highest BCUT2D eigenvalue weighted by molar-refractivity contribution is 7.79. The molecule has 1 aromatic carbocycles. The monoisotopic (exact) mass is 183 g/mol.